The first-order valence-corrected chi connectivity index (χ1v) is 15.6. The van der Waals surface area contributed by atoms with Crippen molar-refractivity contribution in [3.8, 4) is 0 Å². The van der Waals surface area contributed by atoms with Gasteiger partial charge >= 0.3 is 0 Å². The molecule has 2 atom stereocenters. The van der Waals surface area contributed by atoms with E-state index in [0.717, 1.165) is 39.0 Å². The molecule has 0 aliphatic heterocycles. The predicted molar refractivity (Wildman–Crippen MR) is 183 cm³/mol. The number of para-hydroxylation sites is 3. The minimum Gasteiger partial charge on any atom is -0.454 e. The predicted octanol–water partition coefficient (Wildman–Crippen LogP) is 11.7. The van der Waals surface area contributed by atoms with Crippen LogP contribution in [0.5, 0.6) is 0 Å². The van der Waals surface area contributed by atoms with Crippen molar-refractivity contribution in [2.45, 2.75) is 5.92 Å². The van der Waals surface area contributed by atoms with Gasteiger partial charge < -0.3 is 9.32 Å². The van der Waals surface area contributed by atoms with E-state index in [2.05, 4.69) is 144 Å². The number of benzene rings is 5. The fourth-order valence-electron chi connectivity index (χ4n) is 6.81. The number of nitrogens with zero attached hydrogens (tertiary/aromatic N) is 1. The molecular formula is C40H27NOS. The molecule has 3 heteroatoms. The Balaban J connectivity index is 1.13. The number of allylic oxidation sites excluding steroid dienone is 5. The summed E-state index contributed by atoms with van der Waals surface area (Å²) in [6.07, 6.45) is 11.8. The molecule has 0 saturated carbocycles. The van der Waals surface area contributed by atoms with E-state index in [9.17, 15) is 0 Å². The lowest BCUT2D eigenvalue weighted by Crippen LogP contribution is -2.13. The zero-order valence-electron chi connectivity index (χ0n) is 23.4. The fourth-order valence-corrected chi connectivity index (χ4v) is 7.99. The third-order valence-electron chi connectivity index (χ3n) is 8.84. The standard InChI is InChI=1S/C40H27NOS/c1-2-9-29(10-3-1)41(35-14-8-13-32-31-11-4-6-15-36(31)42-40(32)35)30-22-19-26(20-23-30)28-18-17-27-21-24-38-39(34(27)25-28)33-12-5-7-16-37(33)43-38/h1-25,27,34H. The van der Waals surface area contributed by atoms with Gasteiger partial charge in [0.1, 0.15) is 5.58 Å². The summed E-state index contributed by atoms with van der Waals surface area (Å²) in [5, 5.41) is 3.65. The van der Waals surface area contributed by atoms with Crippen molar-refractivity contribution in [2.24, 2.45) is 5.92 Å². The normalized spacial score (nSPS) is 17.3. The lowest BCUT2D eigenvalue weighted by molar-refractivity contribution is 0.669. The van der Waals surface area contributed by atoms with Gasteiger partial charge in [-0.15, -0.1) is 11.3 Å². The van der Waals surface area contributed by atoms with Crippen LogP contribution < -0.4 is 4.90 Å². The van der Waals surface area contributed by atoms with E-state index in [-0.39, 0.29) is 0 Å². The largest absolute Gasteiger partial charge is 0.454 e. The lowest BCUT2D eigenvalue weighted by Gasteiger charge is -2.28. The van der Waals surface area contributed by atoms with Gasteiger partial charge in [-0.1, -0.05) is 103 Å². The Morgan fingerprint density at radius 3 is 2.21 bits per heavy atom. The number of furan rings is 1. The molecule has 0 bridgehead atoms. The first kappa shape index (κ1) is 24.5. The highest BCUT2D eigenvalue weighted by Gasteiger charge is 2.29. The number of anilines is 3. The van der Waals surface area contributed by atoms with E-state index in [1.54, 1.807) is 0 Å². The Kier molecular flexibility index (Phi) is 5.53. The van der Waals surface area contributed by atoms with Gasteiger partial charge in [0.05, 0.1) is 5.69 Å². The van der Waals surface area contributed by atoms with Gasteiger partial charge in [-0.2, -0.15) is 0 Å². The molecule has 0 fully saturated rings. The van der Waals surface area contributed by atoms with Crippen LogP contribution >= 0.6 is 11.3 Å². The minimum atomic E-state index is 0.349. The van der Waals surface area contributed by atoms with Crippen molar-refractivity contribution in [2.75, 3.05) is 4.90 Å². The summed E-state index contributed by atoms with van der Waals surface area (Å²) >= 11 is 1.90. The first-order valence-electron chi connectivity index (χ1n) is 14.8. The second-order valence-corrected chi connectivity index (χ2v) is 12.4. The van der Waals surface area contributed by atoms with E-state index in [0.29, 0.717) is 11.8 Å². The van der Waals surface area contributed by atoms with Crippen LogP contribution in [0.15, 0.2) is 150 Å². The van der Waals surface area contributed by atoms with Crippen LogP contribution in [0.3, 0.4) is 0 Å². The summed E-state index contributed by atoms with van der Waals surface area (Å²) in [6, 6.07) is 43.0. The summed E-state index contributed by atoms with van der Waals surface area (Å²) in [5.74, 6) is 0.744. The fraction of sp³-hybridized carbons (Fsp3) is 0.0500. The molecule has 2 nitrogen and oxygen atoms in total. The summed E-state index contributed by atoms with van der Waals surface area (Å²) in [7, 11) is 0. The van der Waals surface area contributed by atoms with Gasteiger partial charge in [0, 0.05) is 43.6 Å². The second-order valence-electron chi connectivity index (χ2n) is 11.3. The molecule has 204 valence electrons. The van der Waals surface area contributed by atoms with Crippen LogP contribution in [-0.2, 0) is 0 Å². The maximum Gasteiger partial charge on any atom is 0.159 e. The van der Waals surface area contributed by atoms with Gasteiger partial charge in [0.25, 0.3) is 0 Å². The molecule has 0 amide bonds. The van der Waals surface area contributed by atoms with Crippen molar-refractivity contribution in [1.82, 2.24) is 0 Å². The number of rotatable bonds is 4. The SMILES string of the molecule is C1=CC2C=Cc3sc4ccccc4c3C2C=C1c1ccc(N(c2ccccc2)c2cccc3c2oc2ccccc23)cc1. The molecule has 7 aromatic rings. The van der Waals surface area contributed by atoms with Crippen LogP contribution in [0.2, 0.25) is 0 Å². The van der Waals surface area contributed by atoms with E-state index in [1.165, 1.54) is 31.7 Å². The Bertz CT molecular complexity index is 2250. The molecule has 2 heterocycles. The maximum absolute atomic E-state index is 6.46. The van der Waals surface area contributed by atoms with Crippen LogP contribution in [-0.4, -0.2) is 0 Å². The highest BCUT2D eigenvalue weighted by atomic mass is 32.1. The van der Waals surface area contributed by atoms with Crippen molar-refractivity contribution < 1.29 is 4.42 Å². The van der Waals surface area contributed by atoms with Gasteiger partial charge in [0.2, 0.25) is 0 Å². The van der Waals surface area contributed by atoms with Crippen LogP contribution in [0.1, 0.15) is 21.9 Å². The van der Waals surface area contributed by atoms with Crippen LogP contribution in [0.25, 0.3) is 43.7 Å². The van der Waals surface area contributed by atoms with Gasteiger partial charge in [-0.3, -0.25) is 0 Å². The van der Waals surface area contributed by atoms with E-state index < -0.39 is 0 Å². The minimum absolute atomic E-state index is 0.349. The third kappa shape index (κ3) is 3.93. The lowest BCUT2D eigenvalue weighted by atomic mass is 9.76. The highest BCUT2D eigenvalue weighted by molar-refractivity contribution is 7.20. The summed E-state index contributed by atoms with van der Waals surface area (Å²) < 4.78 is 7.83. The Morgan fingerprint density at radius 2 is 1.33 bits per heavy atom. The summed E-state index contributed by atoms with van der Waals surface area (Å²) in [6.45, 7) is 0. The van der Waals surface area contributed by atoms with E-state index >= 15 is 0 Å². The summed E-state index contributed by atoms with van der Waals surface area (Å²) in [4.78, 5) is 3.69. The Morgan fingerprint density at radius 1 is 0.605 bits per heavy atom. The number of hydrogen-bond donors (Lipinski definition) is 0. The maximum atomic E-state index is 6.46. The van der Waals surface area contributed by atoms with Gasteiger partial charge in [-0.05, 0) is 70.6 Å². The quantitative estimate of drug-likeness (QED) is 0.210. The molecule has 0 spiro atoms. The van der Waals surface area contributed by atoms with E-state index in [4.69, 9.17) is 4.42 Å². The van der Waals surface area contributed by atoms with E-state index in [1.807, 2.05) is 23.5 Å². The highest BCUT2D eigenvalue weighted by Crippen LogP contribution is 2.48. The molecule has 2 aliphatic rings. The van der Waals surface area contributed by atoms with Crippen molar-refractivity contribution >= 4 is 72.1 Å². The number of fused-ring (bicyclic) bond motifs is 8. The molecule has 2 aliphatic carbocycles. The summed E-state index contributed by atoms with van der Waals surface area (Å²) in [5.41, 5.74) is 8.98. The zero-order chi connectivity index (χ0) is 28.3. The molecule has 2 unspecified atom stereocenters. The first-order chi connectivity index (χ1) is 21.3. The monoisotopic (exact) mass is 569 g/mol. The third-order valence-corrected chi connectivity index (χ3v) is 9.99. The molecule has 43 heavy (non-hydrogen) atoms. The average Bonchev–Trinajstić information content (AvgIpc) is 3.65. The van der Waals surface area contributed by atoms with Crippen molar-refractivity contribution in [3.63, 3.8) is 0 Å². The van der Waals surface area contributed by atoms with Crippen molar-refractivity contribution in [3.05, 3.63) is 162 Å². The molecule has 0 radical (unpaired) electrons. The Labute approximate surface area is 254 Å². The molecular weight excluding hydrogens is 543 g/mol. The van der Waals surface area contributed by atoms with Gasteiger partial charge in [-0.25, -0.2) is 0 Å². The van der Waals surface area contributed by atoms with Crippen LogP contribution in [0, 0.1) is 5.92 Å². The smallest absolute Gasteiger partial charge is 0.159 e. The molecule has 0 saturated heterocycles. The number of hydrogen-bond acceptors (Lipinski definition) is 3. The molecule has 0 N–H and O–H groups in total. The molecule has 9 rings (SSSR count). The van der Waals surface area contributed by atoms with Crippen molar-refractivity contribution in [1.29, 1.82) is 0 Å². The van der Waals surface area contributed by atoms with Gasteiger partial charge in [0.15, 0.2) is 5.58 Å². The zero-order valence-corrected chi connectivity index (χ0v) is 24.2. The second kappa shape index (κ2) is 9.72. The number of thiophene rings is 1. The van der Waals surface area contributed by atoms with Crippen LogP contribution in [0.4, 0.5) is 17.1 Å². The molecule has 2 aromatic heterocycles. The average molecular weight is 570 g/mol. The Hall–Kier alpha value is -5.12. The topological polar surface area (TPSA) is 16.4 Å². The molecule has 5 aromatic carbocycles.